The van der Waals surface area contributed by atoms with E-state index in [4.69, 9.17) is 14.6 Å². The lowest BCUT2D eigenvalue weighted by atomic mass is 10.2. The van der Waals surface area contributed by atoms with Crippen LogP contribution >= 0.6 is 0 Å². The molecule has 1 amide bonds. The van der Waals surface area contributed by atoms with Gasteiger partial charge in [0.25, 0.3) is 0 Å². The number of carbonyl (C=O) groups is 1. The Hall–Kier alpha value is -1.43. The molecule has 0 aliphatic rings. The molecule has 112 valence electrons. The van der Waals surface area contributed by atoms with Gasteiger partial charge in [0.05, 0.1) is 19.8 Å². The van der Waals surface area contributed by atoms with Gasteiger partial charge in [-0.3, -0.25) is 4.79 Å². The molecule has 5 heteroatoms. The third kappa shape index (κ3) is 7.23. The Bertz CT molecular complexity index is 369. The van der Waals surface area contributed by atoms with E-state index in [1.54, 1.807) is 6.92 Å². The molecule has 0 spiro atoms. The van der Waals surface area contributed by atoms with Crippen LogP contribution in [-0.2, 0) is 20.9 Å². The van der Waals surface area contributed by atoms with Crippen LogP contribution in [0.15, 0.2) is 30.3 Å². The number of benzene rings is 1. The fraction of sp³-hybridized carbons (Fsp3) is 0.533. The maximum Gasteiger partial charge on any atom is 0.248 e. The van der Waals surface area contributed by atoms with Crippen molar-refractivity contribution in [1.29, 1.82) is 0 Å². The minimum atomic E-state index is -0.478. The Morgan fingerprint density at radius 1 is 1.30 bits per heavy atom. The number of amides is 1. The molecular weight excluding hydrogens is 258 g/mol. The average molecular weight is 281 g/mol. The molecule has 0 saturated carbocycles. The van der Waals surface area contributed by atoms with Crippen LogP contribution in [-0.4, -0.2) is 43.5 Å². The van der Waals surface area contributed by atoms with Crippen LogP contribution < -0.4 is 5.32 Å². The number of carbonyl (C=O) groups excluding carboxylic acids is 1. The first kappa shape index (κ1) is 16.6. The van der Waals surface area contributed by atoms with E-state index in [0.717, 1.165) is 12.0 Å². The summed E-state index contributed by atoms with van der Waals surface area (Å²) in [5.74, 6) is -0.122. The summed E-state index contributed by atoms with van der Waals surface area (Å²) in [6.07, 6.45) is 0.241. The van der Waals surface area contributed by atoms with Gasteiger partial charge in [-0.1, -0.05) is 30.3 Å². The van der Waals surface area contributed by atoms with Gasteiger partial charge in [-0.2, -0.15) is 0 Å². The van der Waals surface area contributed by atoms with Crippen molar-refractivity contribution in [2.24, 2.45) is 0 Å². The Morgan fingerprint density at radius 2 is 2.05 bits per heavy atom. The van der Waals surface area contributed by atoms with Gasteiger partial charge in [0.1, 0.15) is 6.10 Å². The normalized spacial score (nSPS) is 12.1. The third-order valence-electron chi connectivity index (χ3n) is 2.71. The molecule has 1 atom stereocenters. The van der Waals surface area contributed by atoms with Crippen LogP contribution in [0.5, 0.6) is 0 Å². The van der Waals surface area contributed by atoms with E-state index in [2.05, 4.69) is 5.32 Å². The highest BCUT2D eigenvalue weighted by Crippen LogP contribution is 2.03. The van der Waals surface area contributed by atoms with E-state index in [-0.39, 0.29) is 12.5 Å². The summed E-state index contributed by atoms with van der Waals surface area (Å²) in [5.41, 5.74) is 1.05. The quantitative estimate of drug-likeness (QED) is 0.630. The molecule has 0 aromatic heterocycles. The van der Waals surface area contributed by atoms with Crippen molar-refractivity contribution in [3.8, 4) is 0 Å². The van der Waals surface area contributed by atoms with Gasteiger partial charge >= 0.3 is 0 Å². The topological polar surface area (TPSA) is 67.8 Å². The summed E-state index contributed by atoms with van der Waals surface area (Å²) in [6.45, 7) is 3.60. The third-order valence-corrected chi connectivity index (χ3v) is 2.71. The van der Waals surface area contributed by atoms with Crippen molar-refractivity contribution in [1.82, 2.24) is 5.32 Å². The van der Waals surface area contributed by atoms with E-state index in [0.29, 0.717) is 26.4 Å². The second kappa shape index (κ2) is 10.4. The van der Waals surface area contributed by atoms with Crippen LogP contribution in [0, 0.1) is 0 Å². The van der Waals surface area contributed by atoms with Gasteiger partial charge in [-0.15, -0.1) is 0 Å². The molecule has 2 N–H and O–H groups in total. The predicted octanol–water partition coefficient (Wildman–Crippen LogP) is 1.11. The number of aliphatic hydroxyl groups excluding tert-OH is 1. The Morgan fingerprint density at radius 3 is 2.75 bits per heavy atom. The Balaban J connectivity index is 2.10. The Labute approximate surface area is 119 Å². The molecule has 1 unspecified atom stereocenters. The number of aliphatic hydroxyl groups is 1. The second-order valence-corrected chi connectivity index (χ2v) is 4.42. The highest BCUT2D eigenvalue weighted by Gasteiger charge is 2.12. The van der Waals surface area contributed by atoms with Crippen molar-refractivity contribution in [3.05, 3.63) is 35.9 Å². The van der Waals surface area contributed by atoms with Crippen LogP contribution in [0.3, 0.4) is 0 Å². The smallest absolute Gasteiger partial charge is 0.248 e. The first-order chi connectivity index (χ1) is 9.74. The maximum absolute atomic E-state index is 11.7. The molecule has 1 rings (SSSR count). The zero-order valence-electron chi connectivity index (χ0n) is 11.9. The molecule has 0 aliphatic heterocycles. The summed E-state index contributed by atoms with van der Waals surface area (Å²) in [6, 6.07) is 9.75. The zero-order valence-corrected chi connectivity index (χ0v) is 11.9. The summed E-state index contributed by atoms with van der Waals surface area (Å²) in [7, 11) is 0. The van der Waals surface area contributed by atoms with Crippen LogP contribution in [0.1, 0.15) is 18.9 Å². The summed E-state index contributed by atoms with van der Waals surface area (Å²) in [4.78, 5) is 11.7. The number of hydrogen-bond donors (Lipinski definition) is 2. The van der Waals surface area contributed by atoms with Gasteiger partial charge in [0.15, 0.2) is 0 Å². The molecule has 0 heterocycles. The molecule has 0 fully saturated rings. The first-order valence-electron chi connectivity index (χ1n) is 6.86. The van der Waals surface area contributed by atoms with E-state index in [1.807, 2.05) is 30.3 Å². The zero-order chi connectivity index (χ0) is 14.6. The predicted molar refractivity (Wildman–Crippen MR) is 76.2 cm³/mol. The van der Waals surface area contributed by atoms with E-state index < -0.39 is 6.10 Å². The fourth-order valence-electron chi connectivity index (χ4n) is 1.57. The molecule has 0 aliphatic carbocycles. The SMILES string of the molecule is CC(OCc1ccccc1)C(=O)NCCCOCCO. The molecule has 5 nitrogen and oxygen atoms in total. The van der Waals surface area contributed by atoms with Crippen molar-refractivity contribution >= 4 is 5.91 Å². The van der Waals surface area contributed by atoms with Crippen LogP contribution in [0.4, 0.5) is 0 Å². The highest BCUT2D eigenvalue weighted by molar-refractivity contribution is 5.80. The molecular formula is C15H23NO4. The van der Waals surface area contributed by atoms with Gasteiger partial charge < -0.3 is 19.9 Å². The van der Waals surface area contributed by atoms with Gasteiger partial charge in [-0.25, -0.2) is 0 Å². The average Bonchev–Trinajstić information content (AvgIpc) is 2.49. The minimum Gasteiger partial charge on any atom is -0.394 e. The van der Waals surface area contributed by atoms with Gasteiger partial charge in [0.2, 0.25) is 5.91 Å². The lowest BCUT2D eigenvalue weighted by Crippen LogP contribution is -2.35. The molecule has 0 bridgehead atoms. The lowest BCUT2D eigenvalue weighted by molar-refractivity contribution is -0.132. The lowest BCUT2D eigenvalue weighted by Gasteiger charge is -2.13. The molecule has 20 heavy (non-hydrogen) atoms. The van der Waals surface area contributed by atoms with Crippen molar-refractivity contribution in [3.63, 3.8) is 0 Å². The van der Waals surface area contributed by atoms with Crippen molar-refractivity contribution in [2.45, 2.75) is 26.1 Å². The maximum atomic E-state index is 11.7. The van der Waals surface area contributed by atoms with Gasteiger partial charge in [0, 0.05) is 13.2 Å². The monoisotopic (exact) mass is 281 g/mol. The largest absolute Gasteiger partial charge is 0.394 e. The first-order valence-corrected chi connectivity index (χ1v) is 6.86. The second-order valence-electron chi connectivity index (χ2n) is 4.42. The molecule has 1 aromatic carbocycles. The van der Waals surface area contributed by atoms with E-state index >= 15 is 0 Å². The molecule has 1 aromatic rings. The number of rotatable bonds is 10. The number of ether oxygens (including phenoxy) is 2. The fourth-order valence-corrected chi connectivity index (χ4v) is 1.57. The molecule has 0 saturated heterocycles. The number of hydrogen-bond acceptors (Lipinski definition) is 4. The van der Waals surface area contributed by atoms with Crippen molar-refractivity contribution in [2.75, 3.05) is 26.4 Å². The Kier molecular flexibility index (Phi) is 8.62. The van der Waals surface area contributed by atoms with E-state index in [1.165, 1.54) is 0 Å². The highest BCUT2D eigenvalue weighted by atomic mass is 16.5. The summed E-state index contributed by atoms with van der Waals surface area (Å²) < 4.78 is 10.6. The van der Waals surface area contributed by atoms with Crippen LogP contribution in [0.2, 0.25) is 0 Å². The summed E-state index contributed by atoms with van der Waals surface area (Å²) in [5, 5.41) is 11.3. The van der Waals surface area contributed by atoms with Crippen LogP contribution in [0.25, 0.3) is 0 Å². The standard InChI is InChI=1S/C15H23NO4/c1-13(20-12-14-6-3-2-4-7-14)15(18)16-8-5-10-19-11-9-17/h2-4,6-7,13,17H,5,8-12H2,1H3,(H,16,18). The number of nitrogens with one attached hydrogen (secondary N) is 1. The molecule has 0 radical (unpaired) electrons. The summed E-state index contributed by atoms with van der Waals surface area (Å²) >= 11 is 0. The van der Waals surface area contributed by atoms with Crippen molar-refractivity contribution < 1.29 is 19.4 Å². The van der Waals surface area contributed by atoms with Gasteiger partial charge in [-0.05, 0) is 18.9 Å². The van der Waals surface area contributed by atoms with E-state index in [9.17, 15) is 4.79 Å². The minimum absolute atomic E-state index is 0.0245.